The van der Waals surface area contributed by atoms with Gasteiger partial charge in [0.1, 0.15) is 0 Å². The van der Waals surface area contributed by atoms with Crippen LogP contribution < -0.4 is 5.56 Å². The lowest BCUT2D eigenvalue weighted by molar-refractivity contribution is -0.135. The minimum atomic E-state index is -1.32. The number of aromatic nitrogens is 1. The average Bonchev–Trinajstić information content (AvgIpc) is 2.74. The van der Waals surface area contributed by atoms with Crippen molar-refractivity contribution in [1.29, 1.82) is 0 Å². The summed E-state index contributed by atoms with van der Waals surface area (Å²) in [5.74, 6) is -0.915. The second-order valence-corrected chi connectivity index (χ2v) is 7.71. The molecule has 0 aliphatic rings. The SMILES string of the molecule is CC(C)N(Cc1ccccc1)C(=O)C(C(=O)c1cccc(Cl)c1)n1ccccc1=O. The van der Waals surface area contributed by atoms with Crippen LogP contribution in [0.25, 0.3) is 0 Å². The first-order valence-electron chi connectivity index (χ1n) is 9.70. The van der Waals surface area contributed by atoms with Gasteiger partial charge in [-0.15, -0.1) is 0 Å². The lowest BCUT2D eigenvalue weighted by Gasteiger charge is -2.31. The minimum absolute atomic E-state index is 0.174. The van der Waals surface area contributed by atoms with Gasteiger partial charge in [0.15, 0.2) is 11.8 Å². The predicted molar refractivity (Wildman–Crippen MR) is 118 cm³/mol. The van der Waals surface area contributed by atoms with Crippen LogP contribution in [0.5, 0.6) is 0 Å². The van der Waals surface area contributed by atoms with E-state index in [9.17, 15) is 14.4 Å². The van der Waals surface area contributed by atoms with Crippen molar-refractivity contribution in [2.75, 3.05) is 0 Å². The number of benzene rings is 2. The molecule has 1 unspecified atom stereocenters. The number of hydrogen-bond donors (Lipinski definition) is 0. The van der Waals surface area contributed by atoms with Gasteiger partial charge in [0.2, 0.25) is 0 Å². The van der Waals surface area contributed by atoms with Crippen LogP contribution in [0.2, 0.25) is 5.02 Å². The maximum absolute atomic E-state index is 13.7. The van der Waals surface area contributed by atoms with Crippen LogP contribution in [0, 0.1) is 0 Å². The Morgan fingerprint density at radius 2 is 1.67 bits per heavy atom. The summed E-state index contributed by atoms with van der Waals surface area (Å²) in [5, 5.41) is 0.387. The predicted octanol–water partition coefficient (Wildman–Crippen LogP) is 4.36. The first-order valence-corrected chi connectivity index (χ1v) is 10.1. The highest BCUT2D eigenvalue weighted by Crippen LogP contribution is 2.21. The molecule has 3 aromatic rings. The molecule has 1 atom stereocenters. The first kappa shape index (κ1) is 21.5. The van der Waals surface area contributed by atoms with Gasteiger partial charge < -0.3 is 4.90 Å². The summed E-state index contributed by atoms with van der Waals surface area (Å²) in [6.45, 7) is 4.10. The number of halogens is 1. The lowest BCUT2D eigenvalue weighted by Crippen LogP contribution is -2.46. The van der Waals surface area contributed by atoms with E-state index >= 15 is 0 Å². The van der Waals surface area contributed by atoms with Crippen molar-refractivity contribution < 1.29 is 9.59 Å². The summed E-state index contributed by atoms with van der Waals surface area (Å²) in [4.78, 5) is 41.2. The number of rotatable bonds is 7. The van der Waals surface area contributed by atoms with Crippen LogP contribution in [0.1, 0.15) is 35.8 Å². The molecule has 0 saturated heterocycles. The van der Waals surface area contributed by atoms with Gasteiger partial charge in [-0.3, -0.25) is 19.0 Å². The summed E-state index contributed by atoms with van der Waals surface area (Å²) in [5.41, 5.74) is 0.795. The van der Waals surface area contributed by atoms with E-state index in [2.05, 4.69) is 0 Å². The molecule has 0 N–H and O–H groups in total. The summed E-state index contributed by atoms with van der Waals surface area (Å²) in [6.07, 6.45) is 1.47. The third kappa shape index (κ3) is 4.86. The van der Waals surface area contributed by atoms with Crippen LogP contribution in [-0.4, -0.2) is 27.2 Å². The number of carbonyl (C=O) groups is 2. The molecule has 2 aromatic carbocycles. The van der Waals surface area contributed by atoms with E-state index in [1.165, 1.54) is 22.9 Å². The van der Waals surface area contributed by atoms with Gasteiger partial charge >= 0.3 is 0 Å². The van der Waals surface area contributed by atoms with Gasteiger partial charge in [0, 0.05) is 35.4 Å². The molecule has 0 radical (unpaired) electrons. The first-order chi connectivity index (χ1) is 14.4. The van der Waals surface area contributed by atoms with Gasteiger partial charge in [0.05, 0.1) is 0 Å². The second kappa shape index (κ2) is 9.55. The maximum atomic E-state index is 13.7. The minimum Gasteiger partial charge on any atom is -0.334 e. The van der Waals surface area contributed by atoms with Gasteiger partial charge in [-0.25, -0.2) is 0 Å². The molecular weight excluding hydrogens is 400 g/mol. The average molecular weight is 423 g/mol. The summed E-state index contributed by atoms with van der Waals surface area (Å²) in [6, 6.07) is 19.0. The van der Waals surface area contributed by atoms with E-state index in [0.717, 1.165) is 5.56 Å². The number of pyridine rings is 1. The standard InChI is InChI=1S/C24H23ClN2O3/c1-17(2)27(16-18-9-4-3-5-10-18)24(30)22(26-14-7-6-13-21(26)28)23(29)19-11-8-12-20(25)15-19/h3-15,17,22H,16H2,1-2H3. The van der Waals surface area contributed by atoms with Crippen LogP contribution in [-0.2, 0) is 11.3 Å². The quantitative estimate of drug-likeness (QED) is 0.419. The molecule has 154 valence electrons. The fourth-order valence-corrected chi connectivity index (χ4v) is 3.45. The molecule has 1 heterocycles. The number of nitrogens with zero attached hydrogens (tertiary/aromatic N) is 2. The fourth-order valence-electron chi connectivity index (χ4n) is 3.26. The van der Waals surface area contributed by atoms with E-state index in [1.807, 2.05) is 44.2 Å². The van der Waals surface area contributed by atoms with Crippen LogP contribution >= 0.6 is 11.6 Å². The molecule has 30 heavy (non-hydrogen) atoms. The number of amides is 1. The van der Waals surface area contributed by atoms with Gasteiger partial charge in [0.25, 0.3) is 11.5 Å². The zero-order valence-electron chi connectivity index (χ0n) is 16.9. The lowest BCUT2D eigenvalue weighted by atomic mass is 10.0. The molecule has 0 aliphatic carbocycles. The zero-order chi connectivity index (χ0) is 21.7. The number of hydrogen-bond acceptors (Lipinski definition) is 3. The fraction of sp³-hybridized carbons (Fsp3) is 0.208. The van der Waals surface area contributed by atoms with Crippen LogP contribution in [0.15, 0.2) is 83.8 Å². The zero-order valence-corrected chi connectivity index (χ0v) is 17.6. The summed E-state index contributed by atoms with van der Waals surface area (Å²) >= 11 is 6.05. The molecule has 0 aliphatic heterocycles. The van der Waals surface area contributed by atoms with Gasteiger partial charge in [-0.2, -0.15) is 0 Å². The Morgan fingerprint density at radius 3 is 2.30 bits per heavy atom. The second-order valence-electron chi connectivity index (χ2n) is 7.27. The highest BCUT2D eigenvalue weighted by atomic mass is 35.5. The van der Waals surface area contributed by atoms with Crippen molar-refractivity contribution in [1.82, 2.24) is 9.47 Å². The number of carbonyl (C=O) groups excluding carboxylic acids is 2. The molecule has 0 fully saturated rings. The molecule has 5 nitrogen and oxygen atoms in total. The summed E-state index contributed by atoms with van der Waals surface area (Å²) in [7, 11) is 0. The Kier molecular flexibility index (Phi) is 6.85. The monoisotopic (exact) mass is 422 g/mol. The molecular formula is C24H23ClN2O3. The highest BCUT2D eigenvalue weighted by Gasteiger charge is 2.34. The molecule has 0 saturated carbocycles. The Bertz CT molecular complexity index is 1090. The van der Waals surface area contributed by atoms with Gasteiger partial charge in [-0.05, 0) is 37.6 Å². The number of Topliss-reactive ketones (excluding diaryl/α,β-unsaturated/α-hetero) is 1. The Balaban J connectivity index is 2.06. The summed E-state index contributed by atoms with van der Waals surface area (Å²) < 4.78 is 1.19. The third-order valence-electron chi connectivity index (χ3n) is 4.82. The molecule has 6 heteroatoms. The number of ketones is 1. The van der Waals surface area contributed by atoms with Crippen LogP contribution in [0.3, 0.4) is 0 Å². The van der Waals surface area contributed by atoms with Crippen molar-refractivity contribution in [3.8, 4) is 0 Å². The Hall–Kier alpha value is -3.18. The van der Waals surface area contributed by atoms with Crippen molar-refractivity contribution >= 4 is 23.3 Å². The molecule has 1 aromatic heterocycles. The van der Waals surface area contributed by atoms with E-state index in [4.69, 9.17) is 11.6 Å². The van der Waals surface area contributed by atoms with Crippen molar-refractivity contribution in [2.24, 2.45) is 0 Å². The Morgan fingerprint density at radius 1 is 0.967 bits per heavy atom. The van der Waals surface area contributed by atoms with Crippen molar-refractivity contribution in [3.63, 3.8) is 0 Å². The van der Waals surface area contributed by atoms with E-state index in [-0.39, 0.29) is 11.6 Å². The van der Waals surface area contributed by atoms with Crippen molar-refractivity contribution in [2.45, 2.75) is 32.5 Å². The molecule has 3 rings (SSSR count). The molecule has 0 spiro atoms. The smallest absolute Gasteiger partial charge is 0.254 e. The van der Waals surface area contributed by atoms with E-state index in [1.54, 1.807) is 35.2 Å². The Labute approximate surface area is 180 Å². The highest BCUT2D eigenvalue weighted by molar-refractivity contribution is 6.31. The maximum Gasteiger partial charge on any atom is 0.254 e. The van der Waals surface area contributed by atoms with Crippen LogP contribution in [0.4, 0.5) is 0 Å². The molecule has 0 bridgehead atoms. The normalized spacial score (nSPS) is 11.9. The van der Waals surface area contributed by atoms with E-state index in [0.29, 0.717) is 11.6 Å². The largest absolute Gasteiger partial charge is 0.334 e. The van der Waals surface area contributed by atoms with E-state index < -0.39 is 23.3 Å². The molecule has 1 amide bonds. The van der Waals surface area contributed by atoms with Gasteiger partial charge in [-0.1, -0.05) is 60.1 Å². The third-order valence-corrected chi connectivity index (χ3v) is 5.06. The topological polar surface area (TPSA) is 59.4 Å². The van der Waals surface area contributed by atoms with Crippen molar-refractivity contribution in [3.05, 3.63) is 105 Å².